The van der Waals surface area contributed by atoms with Crippen LogP contribution in [-0.2, 0) is 6.54 Å². The zero-order chi connectivity index (χ0) is 11.5. The maximum atomic E-state index is 12.2. The summed E-state index contributed by atoms with van der Waals surface area (Å²) in [5, 5.41) is 7.40. The highest BCUT2D eigenvalue weighted by Gasteiger charge is 2.24. The van der Waals surface area contributed by atoms with Gasteiger partial charge in [-0.2, -0.15) is 5.10 Å². The van der Waals surface area contributed by atoms with Crippen LogP contribution < -0.4 is 5.32 Å². The van der Waals surface area contributed by atoms with Gasteiger partial charge in [0.2, 0.25) is 0 Å². The molecule has 1 unspecified atom stereocenters. The molecule has 1 N–H and O–H groups in total. The van der Waals surface area contributed by atoms with E-state index in [2.05, 4.69) is 17.3 Å². The van der Waals surface area contributed by atoms with E-state index in [1.165, 1.54) is 0 Å². The van der Waals surface area contributed by atoms with Gasteiger partial charge in [0, 0.05) is 38.4 Å². The normalized spacial score (nSPS) is 21.1. The first-order valence-electron chi connectivity index (χ1n) is 5.76. The monoisotopic (exact) mass is 222 g/mol. The van der Waals surface area contributed by atoms with Crippen molar-refractivity contribution in [3.05, 3.63) is 18.0 Å². The zero-order valence-corrected chi connectivity index (χ0v) is 9.81. The number of piperazine rings is 1. The molecule has 1 amide bonds. The van der Waals surface area contributed by atoms with Crippen LogP contribution in [0.3, 0.4) is 0 Å². The van der Waals surface area contributed by atoms with Gasteiger partial charge in [-0.25, -0.2) is 0 Å². The Bertz CT molecular complexity index is 374. The van der Waals surface area contributed by atoms with Gasteiger partial charge in [-0.05, 0) is 13.8 Å². The highest BCUT2D eigenvalue weighted by Crippen LogP contribution is 2.09. The largest absolute Gasteiger partial charge is 0.333 e. The van der Waals surface area contributed by atoms with Crippen LogP contribution in [0, 0.1) is 0 Å². The summed E-state index contributed by atoms with van der Waals surface area (Å²) in [5.74, 6) is 0.0914. The molecule has 2 rings (SSSR count). The van der Waals surface area contributed by atoms with Crippen molar-refractivity contribution in [1.29, 1.82) is 0 Å². The van der Waals surface area contributed by atoms with E-state index in [0.717, 1.165) is 26.2 Å². The average molecular weight is 222 g/mol. The van der Waals surface area contributed by atoms with Crippen molar-refractivity contribution >= 4 is 5.91 Å². The summed E-state index contributed by atoms with van der Waals surface area (Å²) in [7, 11) is 0. The lowest BCUT2D eigenvalue weighted by atomic mass is 10.2. The topological polar surface area (TPSA) is 50.2 Å². The van der Waals surface area contributed by atoms with Crippen LogP contribution in [0.15, 0.2) is 12.4 Å². The molecule has 1 aromatic heterocycles. The van der Waals surface area contributed by atoms with E-state index < -0.39 is 0 Å². The fourth-order valence-electron chi connectivity index (χ4n) is 1.96. The smallest absolute Gasteiger partial charge is 0.257 e. The number of carbonyl (C=O) groups is 1. The van der Waals surface area contributed by atoms with Crippen molar-refractivity contribution in [2.24, 2.45) is 0 Å². The van der Waals surface area contributed by atoms with E-state index in [4.69, 9.17) is 0 Å². The maximum Gasteiger partial charge on any atom is 0.257 e. The number of hydrogen-bond acceptors (Lipinski definition) is 3. The number of hydrogen-bond donors (Lipinski definition) is 1. The third-order valence-corrected chi connectivity index (χ3v) is 2.97. The Kier molecular flexibility index (Phi) is 3.24. The van der Waals surface area contributed by atoms with Crippen molar-refractivity contribution in [3.63, 3.8) is 0 Å². The van der Waals surface area contributed by atoms with Crippen molar-refractivity contribution in [2.45, 2.75) is 26.4 Å². The van der Waals surface area contributed by atoms with Gasteiger partial charge < -0.3 is 10.2 Å². The SMILES string of the molecule is CCn1cc(C(=O)N2CCNCC2C)cn1. The number of aryl methyl sites for hydroxylation is 1. The van der Waals surface area contributed by atoms with E-state index in [-0.39, 0.29) is 11.9 Å². The Morgan fingerprint density at radius 2 is 2.50 bits per heavy atom. The lowest BCUT2D eigenvalue weighted by Crippen LogP contribution is -2.52. The zero-order valence-electron chi connectivity index (χ0n) is 9.81. The molecule has 16 heavy (non-hydrogen) atoms. The molecule has 5 nitrogen and oxygen atoms in total. The first-order valence-corrected chi connectivity index (χ1v) is 5.76. The van der Waals surface area contributed by atoms with E-state index in [1.807, 2.05) is 18.0 Å². The van der Waals surface area contributed by atoms with Crippen molar-refractivity contribution in [3.8, 4) is 0 Å². The molecule has 1 atom stereocenters. The summed E-state index contributed by atoms with van der Waals surface area (Å²) in [5.41, 5.74) is 0.690. The summed E-state index contributed by atoms with van der Waals surface area (Å²) in [6.07, 6.45) is 3.47. The van der Waals surface area contributed by atoms with Crippen LogP contribution in [0.4, 0.5) is 0 Å². The Morgan fingerprint density at radius 3 is 3.12 bits per heavy atom. The number of carbonyl (C=O) groups excluding carboxylic acids is 1. The van der Waals surface area contributed by atoms with Crippen LogP contribution >= 0.6 is 0 Å². The van der Waals surface area contributed by atoms with Crippen molar-refractivity contribution in [1.82, 2.24) is 20.0 Å². The number of nitrogens with zero attached hydrogens (tertiary/aromatic N) is 3. The molecule has 88 valence electrons. The Morgan fingerprint density at radius 1 is 1.69 bits per heavy atom. The maximum absolute atomic E-state index is 12.2. The predicted octanol–water partition coefficient (Wildman–Crippen LogP) is 0.337. The molecule has 0 spiro atoms. The third-order valence-electron chi connectivity index (χ3n) is 2.97. The number of rotatable bonds is 2. The van der Waals surface area contributed by atoms with Crippen LogP contribution in [-0.4, -0.2) is 46.3 Å². The van der Waals surface area contributed by atoms with E-state index in [9.17, 15) is 4.79 Å². The second-order valence-electron chi connectivity index (χ2n) is 4.14. The summed E-state index contributed by atoms with van der Waals surface area (Å²) < 4.78 is 1.78. The Labute approximate surface area is 95.4 Å². The van der Waals surface area contributed by atoms with Gasteiger partial charge >= 0.3 is 0 Å². The number of aromatic nitrogens is 2. The van der Waals surface area contributed by atoms with Gasteiger partial charge in [0.05, 0.1) is 11.8 Å². The molecule has 0 aliphatic carbocycles. The second-order valence-corrected chi connectivity index (χ2v) is 4.14. The molecular weight excluding hydrogens is 204 g/mol. The average Bonchev–Trinajstić information content (AvgIpc) is 2.77. The minimum Gasteiger partial charge on any atom is -0.333 e. The number of nitrogens with one attached hydrogen (secondary N) is 1. The molecule has 1 aromatic rings. The van der Waals surface area contributed by atoms with Crippen LogP contribution in [0.25, 0.3) is 0 Å². The predicted molar refractivity (Wildman–Crippen MR) is 61.3 cm³/mol. The molecule has 2 heterocycles. The molecule has 1 saturated heterocycles. The molecule has 1 fully saturated rings. The lowest BCUT2D eigenvalue weighted by molar-refractivity contribution is 0.0655. The van der Waals surface area contributed by atoms with Gasteiger partial charge in [-0.15, -0.1) is 0 Å². The molecule has 0 bridgehead atoms. The van der Waals surface area contributed by atoms with Gasteiger partial charge in [-0.3, -0.25) is 9.48 Å². The first-order chi connectivity index (χ1) is 7.72. The van der Waals surface area contributed by atoms with Gasteiger partial charge in [0.25, 0.3) is 5.91 Å². The first kappa shape index (κ1) is 11.1. The molecule has 0 saturated carbocycles. The second kappa shape index (κ2) is 4.65. The minimum absolute atomic E-state index is 0.0914. The summed E-state index contributed by atoms with van der Waals surface area (Å²) in [4.78, 5) is 14.1. The minimum atomic E-state index is 0.0914. The van der Waals surface area contributed by atoms with Crippen molar-refractivity contribution < 1.29 is 4.79 Å². The molecule has 1 aliphatic rings. The number of amides is 1. The summed E-state index contributed by atoms with van der Waals surface area (Å²) in [6, 6.07) is 0.256. The molecule has 1 aliphatic heterocycles. The van der Waals surface area contributed by atoms with E-state index in [0.29, 0.717) is 5.56 Å². The quantitative estimate of drug-likeness (QED) is 0.785. The highest BCUT2D eigenvalue weighted by atomic mass is 16.2. The third kappa shape index (κ3) is 2.09. The molecular formula is C11H18N4O. The van der Waals surface area contributed by atoms with E-state index in [1.54, 1.807) is 10.9 Å². The summed E-state index contributed by atoms with van der Waals surface area (Å²) >= 11 is 0. The van der Waals surface area contributed by atoms with Gasteiger partial charge in [0.15, 0.2) is 0 Å². The Hall–Kier alpha value is -1.36. The van der Waals surface area contributed by atoms with Gasteiger partial charge in [-0.1, -0.05) is 0 Å². The van der Waals surface area contributed by atoms with Crippen LogP contribution in [0.1, 0.15) is 24.2 Å². The fraction of sp³-hybridized carbons (Fsp3) is 0.636. The molecule has 0 aromatic carbocycles. The lowest BCUT2D eigenvalue weighted by Gasteiger charge is -2.33. The molecule has 5 heteroatoms. The fourth-order valence-corrected chi connectivity index (χ4v) is 1.96. The molecule has 0 radical (unpaired) electrons. The van der Waals surface area contributed by atoms with Crippen LogP contribution in [0.2, 0.25) is 0 Å². The highest BCUT2D eigenvalue weighted by molar-refractivity contribution is 5.94. The van der Waals surface area contributed by atoms with Crippen LogP contribution in [0.5, 0.6) is 0 Å². The van der Waals surface area contributed by atoms with E-state index >= 15 is 0 Å². The summed E-state index contributed by atoms with van der Waals surface area (Å²) in [6.45, 7) is 7.39. The van der Waals surface area contributed by atoms with Gasteiger partial charge in [0.1, 0.15) is 0 Å². The van der Waals surface area contributed by atoms with Crippen molar-refractivity contribution in [2.75, 3.05) is 19.6 Å². The Balaban J connectivity index is 2.11. The standard InChI is InChI=1S/C11H18N4O/c1-3-14-8-10(7-13-14)11(16)15-5-4-12-6-9(15)2/h7-9,12H,3-6H2,1-2H3.